The molecule has 0 spiro atoms. The summed E-state index contributed by atoms with van der Waals surface area (Å²) in [6.07, 6.45) is -2.18. The van der Waals surface area contributed by atoms with E-state index in [-0.39, 0.29) is 11.4 Å². The van der Waals surface area contributed by atoms with Gasteiger partial charge in [-0.05, 0) is 19.1 Å². The highest BCUT2D eigenvalue weighted by molar-refractivity contribution is 5.56. The average molecular weight is 283 g/mol. The number of alkyl halides is 3. The molecular weight excluding hydrogens is 271 g/mol. The van der Waals surface area contributed by atoms with E-state index in [0.29, 0.717) is 5.75 Å². The van der Waals surface area contributed by atoms with Crippen LogP contribution in [-0.4, -0.2) is 16.2 Å². The molecule has 2 rings (SSSR count). The van der Waals surface area contributed by atoms with Crippen molar-refractivity contribution in [1.29, 1.82) is 0 Å². The number of ether oxygens (including phenoxy) is 1. The number of rotatable bonds is 3. The molecule has 1 heterocycles. The third kappa shape index (κ3) is 3.45. The Morgan fingerprint density at radius 3 is 2.40 bits per heavy atom. The largest absolute Gasteiger partial charge is 0.473 e. The van der Waals surface area contributed by atoms with E-state index in [9.17, 15) is 13.2 Å². The molecule has 1 atom stereocenters. The summed E-state index contributed by atoms with van der Waals surface area (Å²) in [6.45, 7) is 1.64. The van der Waals surface area contributed by atoms with Gasteiger partial charge in [-0.25, -0.2) is 9.97 Å². The lowest BCUT2D eigenvalue weighted by atomic mass is 10.1. The minimum Gasteiger partial charge on any atom is -0.473 e. The second kappa shape index (κ2) is 5.46. The second-order valence-electron chi connectivity index (χ2n) is 4.14. The number of hydrogen-bond acceptors (Lipinski definition) is 4. The van der Waals surface area contributed by atoms with Crippen LogP contribution in [0.15, 0.2) is 36.7 Å². The minimum atomic E-state index is -4.39. The smallest absolute Gasteiger partial charge is 0.416 e. The maximum Gasteiger partial charge on any atom is 0.416 e. The van der Waals surface area contributed by atoms with Crippen molar-refractivity contribution < 1.29 is 17.9 Å². The molecule has 0 radical (unpaired) electrons. The molecule has 1 aromatic heterocycles. The Kier molecular flexibility index (Phi) is 3.89. The standard InChI is InChI=1S/C13H12F3N3O/c1-8(17)20-11-6-18-12(19-7-11)9-3-2-4-10(5-9)13(14,15)16/h2-8H,17H2,1H3. The first-order chi connectivity index (χ1) is 9.36. The van der Waals surface area contributed by atoms with Gasteiger partial charge in [-0.2, -0.15) is 13.2 Å². The van der Waals surface area contributed by atoms with Crippen LogP contribution in [-0.2, 0) is 6.18 Å². The van der Waals surface area contributed by atoms with Gasteiger partial charge in [-0.1, -0.05) is 12.1 Å². The van der Waals surface area contributed by atoms with Crippen LogP contribution in [0.1, 0.15) is 12.5 Å². The van der Waals surface area contributed by atoms with Crippen LogP contribution in [0, 0.1) is 0 Å². The van der Waals surface area contributed by atoms with Gasteiger partial charge in [0.2, 0.25) is 0 Å². The van der Waals surface area contributed by atoms with Crippen LogP contribution in [0.5, 0.6) is 5.75 Å². The van der Waals surface area contributed by atoms with Gasteiger partial charge in [0, 0.05) is 5.56 Å². The number of hydrogen-bond donors (Lipinski definition) is 1. The molecule has 0 saturated heterocycles. The van der Waals surface area contributed by atoms with Crippen LogP contribution in [0.25, 0.3) is 11.4 Å². The summed E-state index contributed by atoms with van der Waals surface area (Å²) in [7, 11) is 0. The monoisotopic (exact) mass is 283 g/mol. The third-order valence-corrected chi connectivity index (χ3v) is 2.40. The van der Waals surface area contributed by atoms with E-state index in [1.807, 2.05) is 0 Å². The number of benzene rings is 1. The molecule has 0 saturated carbocycles. The van der Waals surface area contributed by atoms with Gasteiger partial charge in [-0.3, -0.25) is 5.73 Å². The Bertz CT molecular complexity index is 582. The molecule has 2 aromatic rings. The Hall–Kier alpha value is -2.15. The van der Waals surface area contributed by atoms with Crippen molar-refractivity contribution in [2.45, 2.75) is 19.3 Å². The Morgan fingerprint density at radius 2 is 1.85 bits per heavy atom. The first-order valence-electron chi connectivity index (χ1n) is 5.78. The molecule has 4 nitrogen and oxygen atoms in total. The summed E-state index contributed by atoms with van der Waals surface area (Å²) >= 11 is 0. The molecule has 20 heavy (non-hydrogen) atoms. The zero-order valence-corrected chi connectivity index (χ0v) is 10.6. The van der Waals surface area contributed by atoms with Crippen molar-refractivity contribution in [2.24, 2.45) is 5.73 Å². The SMILES string of the molecule is CC(N)Oc1cnc(-c2cccc(C(F)(F)F)c2)nc1. The first-order valence-corrected chi connectivity index (χ1v) is 5.78. The van der Waals surface area contributed by atoms with E-state index in [1.54, 1.807) is 6.92 Å². The molecule has 0 bridgehead atoms. The fourth-order valence-electron chi connectivity index (χ4n) is 1.58. The van der Waals surface area contributed by atoms with E-state index in [2.05, 4.69) is 9.97 Å². The van der Waals surface area contributed by atoms with Gasteiger partial charge >= 0.3 is 6.18 Å². The maximum atomic E-state index is 12.6. The molecule has 106 valence electrons. The average Bonchev–Trinajstić information content (AvgIpc) is 2.38. The molecule has 0 aliphatic rings. The highest BCUT2D eigenvalue weighted by Gasteiger charge is 2.30. The van der Waals surface area contributed by atoms with Gasteiger partial charge in [0.1, 0.15) is 6.23 Å². The fraction of sp³-hybridized carbons (Fsp3) is 0.231. The molecule has 7 heteroatoms. The van der Waals surface area contributed by atoms with E-state index in [4.69, 9.17) is 10.5 Å². The van der Waals surface area contributed by atoms with Crippen LogP contribution >= 0.6 is 0 Å². The van der Waals surface area contributed by atoms with Crippen molar-refractivity contribution in [3.63, 3.8) is 0 Å². The normalized spacial score (nSPS) is 13.1. The van der Waals surface area contributed by atoms with Gasteiger partial charge in [0.05, 0.1) is 18.0 Å². The zero-order chi connectivity index (χ0) is 14.8. The van der Waals surface area contributed by atoms with Gasteiger partial charge < -0.3 is 4.74 Å². The topological polar surface area (TPSA) is 61.0 Å². The van der Waals surface area contributed by atoms with Crippen molar-refractivity contribution >= 4 is 0 Å². The molecule has 0 amide bonds. The Morgan fingerprint density at radius 1 is 1.20 bits per heavy atom. The third-order valence-electron chi connectivity index (χ3n) is 2.40. The lowest BCUT2D eigenvalue weighted by Crippen LogP contribution is -2.22. The molecule has 0 aliphatic heterocycles. The lowest BCUT2D eigenvalue weighted by molar-refractivity contribution is -0.137. The van der Waals surface area contributed by atoms with Crippen LogP contribution < -0.4 is 10.5 Å². The fourth-order valence-corrected chi connectivity index (χ4v) is 1.58. The molecule has 1 aromatic carbocycles. The number of nitrogens with zero attached hydrogens (tertiary/aromatic N) is 2. The molecule has 0 aliphatic carbocycles. The summed E-state index contributed by atoms with van der Waals surface area (Å²) < 4.78 is 43.0. The quantitative estimate of drug-likeness (QED) is 0.880. The highest BCUT2D eigenvalue weighted by Crippen LogP contribution is 2.31. The summed E-state index contributed by atoms with van der Waals surface area (Å²) in [5.74, 6) is 0.545. The number of nitrogens with two attached hydrogens (primary N) is 1. The second-order valence-corrected chi connectivity index (χ2v) is 4.14. The van der Waals surface area contributed by atoms with Gasteiger partial charge in [0.15, 0.2) is 11.6 Å². The number of aromatic nitrogens is 2. The molecule has 0 fully saturated rings. The Labute approximate surface area is 113 Å². The van der Waals surface area contributed by atoms with Gasteiger partial charge in [-0.15, -0.1) is 0 Å². The summed E-state index contributed by atoms with van der Waals surface area (Å²) in [4.78, 5) is 7.93. The first kappa shape index (κ1) is 14.3. The van der Waals surface area contributed by atoms with E-state index in [1.165, 1.54) is 24.5 Å². The maximum absolute atomic E-state index is 12.6. The van der Waals surface area contributed by atoms with E-state index >= 15 is 0 Å². The van der Waals surface area contributed by atoms with Crippen molar-refractivity contribution in [3.05, 3.63) is 42.2 Å². The van der Waals surface area contributed by atoms with Crippen molar-refractivity contribution in [2.75, 3.05) is 0 Å². The molecule has 1 unspecified atom stereocenters. The van der Waals surface area contributed by atoms with Crippen LogP contribution in [0.4, 0.5) is 13.2 Å². The zero-order valence-electron chi connectivity index (χ0n) is 10.6. The number of halogens is 3. The minimum absolute atomic E-state index is 0.188. The predicted octanol–water partition coefficient (Wildman–Crippen LogP) is 2.85. The van der Waals surface area contributed by atoms with Crippen LogP contribution in [0.3, 0.4) is 0 Å². The highest BCUT2D eigenvalue weighted by atomic mass is 19.4. The van der Waals surface area contributed by atoms with E-state index < -0.39 is 18.0 Å². The van der Waals surface area contributed by atoms with E-state index in [0.717, 1.165) is 12.1 Å². The van der Waals surface area contributed by atoms with Crippen molar-refractivity contribution in [1.82, 2.24) is 9.97 Å². The lowest BCUT2D eigenvalue weighted by Gasteiger charge is -2.10. The van der Waals surface area contributed by atoms with Crippen molar-refractivity contribution in [3.8, 4) is 17.1 Å². The summed E-state index contributed by atoms with van der Waals surface area (Å²) in [5, 5.41) is 0. The summed E-state index contributed by atoms with van der Waals surface area (Å²) in [5.41, 5.74) is 4.98. The Balaban J connectivity index is 2.28. The molecular formula is C13H12F3N3O. The van der Waals surface area contributed by atoms with Gasteiger partial charge in [0.25, 0.3) is 0 Å². The predicted molar refractivity (Wildman–Crippen MR) is 66.7 cm³/mol. The molecule has 2 N–H and O–H groups in total. The summed E-state index contributed by atoms with van der Waals surface area (Å²) in [6, 6.07) is 4.82. The van der Waals surface area contributed by atoms with Crippen LogP contribution in [0.2, 0.25) is 0 Å².